The molecular weight excluding hydrogens is 261 g/mol. The van der Waals surface area contributed by atoms with Gasteiger partial charge in [0.15, 0.2) is 0 Å². The summed E-state index contributed by atoms with van der Waals surface area (Å²) < 4.78 is 13.0. The molecule has 0 radical (unpaired) electrons. The first-order valence-corrected chi connectivity index (χ1v) is 6.72. The van der Waals surface area contributed by atoms with Crippen molar-refractivity contribution in [2.75, 3.05) is 0 Å². The third-order valence-corrected chi connectivity index (χ3v) is 3.22. The highest BCUT2D eigenvalue weighted by Crippen LogP contribution is 2.28. The highest BCUT2D eigenvalue weighted by Gasteiger charge is 2.05. The molecule has 0 saturated heterocycles. The van der Waals surface area contributed by atoms with E-state index in [2.05, 4.69) is 31.3 Å². The minimum Gasteiger partial charge on any atom is -0.310 e. The van der Waals surface area contributed by atoms with E-state index in [0.29, 0.717) is 11.1 Å². The molecule has 0 aliphatic rings. The van der Waals surface area contributed by atoms with Gasteiger partial charge in [-0.15, -0.1) is 0 Å². The van der Waals surface area contributed by atoms with E-state index in [1.165, 1.54) is 17.7 Å². The molecule has 0 amide bonds. The van der Waals surface area contributed by atoms with Gasteiger partial charge in [-0.05, 0) is 29.3 Å². The van der Waals surface area contributed by atoms with Crippen LogP contribution in [0, 0.1) is 5.82 Å². The molecule has 19 heavy (non-hydrogen) atoms. The maximum atomic E-state index is 13.0. The maximum Gasteiger partial charge on any atom is 0.124 e. The average Bonchev–Trinajstić information content (AvgIpc) is 2.37. The molecule has 0 aliphatic heterocycles. The number of halogens is 2. The van der Waals surface area contributed by atoms with E-state index in [4.69, 9.17) is 11.6 Å². The lowest BCUT2D eigenvalue weighted by Gasteiger charge is -2.09. The van der Waals surface area contributed by atoms with Crippen molar-refractivity contribution in [2.45, 2.75) is 26.4 Å². The molecule has 0 fully saturated rings. The van der Waals surface area contributed by atoms with Gasteiger partial charge in [0.25, 0.3) is 0 Å². The van der Waals surface area contributed by atoms with E-state index in [1.54, 1.807) is 6.07 Å². The molecule has 0 unspecified atom stereocenters. The predicted octanol–water partition coefficient (Wildman–Crippen LogP) is 4.64. The van der Waals surface area contributed by atoms with Crippen LogP contribution in [-0.4, -0.2) is 6.04 Å². The third kappa shape index (κ3) is 3.79. The Balaban J connectivity index is 2.18. The van der Waals surface area contributed by atoms with Crippen LogP contribution in [0.1, 0.15) is 19.4 Å². The molecule has 0 atom stereocenters. The van der Waals surface area contributed by atoms with Crippen molar-refractivity contribution < 1.29 is 4.39 Å². The number of benzene rings is 2. The molecule has 0 heterocycles. The second-order valence-corrected chi connectivity index (χ2v) is 5.26. The Morgan fingerprint density at radius 2 is 1.79 bits per heavy atom. The van der Waals surface area contributed by atoms with Crippen molar-refractivity contribution in [3.05, 3.63) is 58.9 Å². The summed E-state index contributed by atoms with van der Waals surface area (Å²) in [7, 11) is 0. The zero-order chi connectivity index (χ0) is 13.8. The highest BCUT2D eigenvalue weighted by molar-refractivity contribution is 6.33. The summed E-state index contributed by atoms with van der Waals surface area (Å²) in [4.78, 5) is 0. The monoisotopic (exact) mass is 277 g/mol. The van der Waals surface area contributed by atoms with Crippen LogP contribution in [0.5, 0.6) is 0 Å². The largest absolute Gasteiger partial charge is 0.310 e. The van der Waals surface area contributed by atoms with E-state index in [9.17, 15) is 4.39 Å². The number of nitrogens with one attached hydrogen (secondary N) is 1. The van der Waals surface area contributed by atoms with Crippen molar-refractivity contribution in [3.8, 4) is 11.1 Å². The number of rotatable bonds is 4. The summed E-state index contributed by atoms with van der Waals surface area (Å²) in [6.07, 6.45) is 0. The first-order valence-electron chi connectivity index (χ1n) is 6.34. The quantitative estimate of drug-likeness (QED) is 0.858. The molecule has 2 rings (SSSR count). The van der Waals surface area contributed by atoms with E-state index in [0.717, 1.165) is 17.7 Å². The van der Waals surface area contributed by atoms with Crippen LogP contribution in [0.4, 0.5) is 4.39 Å². The van der Waals surface area contributed by atoms with Crippen LogP contribution in [0.15, 0.2) is 42.5 Å². The molecule has 0 bridgehead atoms. The van der Waals surface area contributed by atoms with Gasteiger partial charge in [-0.1, -0.05) is 49.7 Å². The van der Waals surface area contributed by atoms with Gasteiger partial charge in [-0.3, -0.25) is 0 Å². The Labute approximate surface area is 118 Å². The summed E-state index contributed by atoms with van der Waals surface area (Å²) in [5, 5.41) is 3.80. The molecule has 100 valence electrons. The minimum atomic E-state index is -0.313. The van der Waals surface area contributed by atoms with Crippen LogP contribution in [-0.2, 0) is 6.54 Å². The zero-order valence-corrected chi connectivity index (χ0v) is 11.8. The van der Waals surface area contributed by atoms with Gasteiger partial charge in [0, 0.05) is 18.2 Å². The molecule has 0 saturated carbocycles. The predicted molar refractivity (Wildman–Crippen MR) is 78.8 cm³/mol. The van der Waals surface area contributed by atoms with Gasteiger partial charge in [0.2, 0.25) is 0 Å². The van der Waals surface area contributed by atoms with Crippen molar-refractivity contribution >= 4 is 11.6 Å². The maximum absolute atomic E-state index is 13.0. The molecule has 0 aromatic heterocycles. The first kappa shape index (κ1) is 14.0. The van der Waals surface area contributed by atoms with E-state index in [1.807, 2.05) is 12.1 Å². The smallest absolute Gasteiger partial charge is 0.124 e. The summed E-state index contributed by atoms with van der Waals surface area (Å²) in [5.41, 5.74) is 3.07. The Bertz CT molecular complexity index is 549. The number of hydrogen-bond donors (Lipinski definition) is 1. The van der Waals surface area contributed by atoms with Crippen molar-refractivity contribution in [1.82, 2.24) is 5.32 Å². The van der Waals surface area contributed by atoms with E-state index in [-0.39, 0.29) is 5.82 Å². The highest BCUT2D eigenvalue weighted by atomic mass is 35.5. The van der Waals surface area contributed by atoms with Crippen molar-refractivity contribution in [1.29, 1.82) is 0 Å². The van der Waals surface area contributed by atoms with Crippen LogP contribution >= 0.6 is 11.6 Å². The van der Waals surface area contributed by atoms with Gasteiger partial charge in [-0.2, -0.15) is 0 Å². The Morgan fingerprint density at radius 3 is 2.37 bits per heavy atom. The van der Waals surface area contributed by atoms with Crippen LogP contribution in [0.3, 0.4) is 0 Å². The molecule has 0 spiro atoms. The molecule has 3 heteroatoms. The summed E-state index contributed by atoms with van der Waals surface area (Å²) in [5.74, 6) is -0.313. The van der Waals surface area contributed by atoms with Crippen molar-refractivity contribution in [3.63, 3.8) is 0 Å². The Morgan fingerprint density at radius 1 is 1.11 bits per heavy atom. The van der Waals surface area contributed by atoms with Crippen LogP contribution in [0.25, 0.3) is 11.1 Å². The Hall–Kier alpha value is -1.38. The molecule has 0 aliphatic carbocycles. The summed E-state index contributed by atoms with van der Waals surface area (Å²) in [6, 6.07) is 13.1. The average molecular weight is 278 g/mol. The summed E-state index contributed by atoms with van der Waals surface area (Å²) in [6.45, 7) is 5.08. The van der Waals surface area contributed by atoms with Gasteiger partial charge in [-0.25, -0.2) is 4.39 Å². The molecule has 2 aromatic rings. The Kier molecular flexibility index (Phi) is 4.56. The first-order chi connectivity index (χ1) is 9.06. The second kappa shape index (κ2) is 6.18. The number of hydrogen-bond acceptors (Lipinski definition) is 1. The molecule has 1 nitrogen and oxygen atoms in total. The standard InChI is InChI=1S/C16H17ClFN/c1-11(2)19-10-12-3-5-13(6-4-12)15-8-7-14(18)9-16(15)17/h3-9,11,19H,10H2,1-2H3. The fraction of sp³-hybridized carbons (Fsp3) is 0.250. The van der Waals surface area contributed by atoms with Gasteiger partial charge in [0.05, 0.1) is 5.02 Å². The second-order valence-electron chi connectivity index (χ2n) is 4.86. The SMILES string of the molecule is CC(C)NCc1ccc(-c2ccc(F)cc2Cl)cc1. The van der Waals surface area contributed by atoms with Gasteiger partial charge < -0.3 is 5.32 Å². The molecule has 1 N–H and O–H groups in total. The van der Waals surface area contributed by atoms with E-state index >= 15 is 0 Å². The van der Waals surface area contributed by atoms with Gasteiger partial charge >= 0.3 is 0 Å². The molecular formula is C16H17ClFN. The lowest BCUT2D eigenvalue weighted by Crippen LogP contribution is -2.21. The van der Waals surface area contributed by atoms with E-state index < -0.39 is 0 Å². The normalized spacial score (nSPS) is 11.0. The fourth-order valence-corrected chi connectivity index (χ4v) is 2.12. The fourth-order valence-electron chi connectivity index (χ4n) is 1.85. The van der Waals surface area contributed by atoms with Crippen LogP contribution < -0.4 is 5.32 Å². The van der Waals surface area contributed by atoms with Crippen LogP contribution in [0.2, 0.25) is 5.02 Å². The lowest BCUT2D eigenvalue weighted by atomic mass is 10.0. The third-order valence-electron chi connectivity index (χ3n) is 2.91. The molecule has 2 aromatic carbocycles. The minimum absolute atomic E-state index is 0.313. The zero-order valence-electron chi connectivity index (χ0n) is 11.1. The summed E-state index contributed by atoms with van der Waals surface area (Å²) >= 11 is 6.05. The topological polar surface area (TPSA) is 12.0 Å². The van der Waals surface area contributed by atoms with Gasteiger partial charge in [0.1, 0.15) is 5.82 Å². The van der Waals surface area contributed by atoms with Crippen molar-refractivity contribution in [2.24, 2.45) is 0 Å². The lowest BCUT2D eigenvalue weighted by molar-refractivity contribution is 0.589.